The van der Waals surface area contributed by atoms with E-state index >= 15 is 0 Å². The van der Waals surface area contributed by atoms with Crippen molar-refractivity contribution < 1.29 is 9.53 Å². The van der Waals surface area contributed by atoms with Crippen LogP contribution in [0.25, 0.3) is 0 Å². The number of fused-ring (bicyclic) bond motifs is 2. The van der Waals surface area contributed by atoms with Crippen molar-refractivity contribution >= 4 is 5.78 Å². The molecule has 1 aliphatic carbocycles. The molecule has 2 fully saturated rings. The average molecular weight is 140 g/mol. The lowest BCUT2D eigenvalue weighted by Gasteiger charge is -2.32. The molecule has 0 radical (unpaired) electrons. The van der Waals surface area contributed by atoms with Gasteiger partial charge in [-0.05, 0) is 12.8 Å². The maximum Gasteiger partial charge on any atom is 0.143 e. The molecule has 2 nitrogen and oxygen atoms in total. The van der Waals surface area contributed by atoms with Gasteiger partial charge in [-0.15, -0.1) is 0 Å². The second kappa shape index (κ2) is 2.35. The molecule has 10 heavy (non-hydrogen) atoms. The molecular formula is C8H12O2. The molecule has 56 valence electrons. The number of rotatable bonds is 0. The lowest BCUT2D eigenvalue weighted by atomic mass is 9.79. The summed E-state index contributed by atoms with van der Waals surface area (Å²) in [5.41, 5.74) is 0. The molecule has 0 amide bonds. The van der Waals surface area contributed by atoms with Gasteiger partial charge in [0.1, 0.15) is 5.78 Å². The molecule has 0 aromatic rings. The Morgan fingerprint density at radius 2 is 1.80 bits per heavy atom. The lowest BCUT2D eigenvalue weighted by molar-refractivity contribution is -0.140. The van der Waals surface area contributed by atoms with Crippen molar-refractivity contribution in [3.05, 3.63) is 0 Å². The molecule has 0 unspecified atom stereocenters. The van der Waals surface area contributed by atoms with Gasteiger partial charge in [-0.25, -0.2) is 0 Å². The Hall–Kier alpha value is -0.370. The first-order valence-corrected chi connectivity index (χ1v) is 3.99. The molecule has 2 aliphatic rings. The highest BCUT2D eigenvalue weighted by Gasteiger charge is 2.34. The number of ketones is 1. The van der Waals surface area contributed by atoms with Crippen LogP contribution in [-0.4, -0.2) is 19.0 Å². The van der Waals surface area contributed by atoms with Crippen LogP contribution in [0, 0.1) is 11.8 Å². The third-order valence-corrected chi connectivity index (χ3v) is 2.55. The van der Waals surface area contributed by atoms with Crippen LogP contribution in [0.2, 0.25) is 0 Å². The maximum atomic E-state index is 11.3. The van der Waals surface area contributed by atoms with E-state index in [1.165, 1.54) is 6.42 Å². The van der Waals surface area contributed by atoms with Gasteiger partial charge >= 0.3 is 0 Å². The molecule has 1 saturated heterocycles. The molecule has 1 heterocycles. The molecule has 2 atom stereocenters. The Balaban J connectivity index is 2.12. The minimum absolute atomic E-state index is 0.257. The van der Waals surface area contributed by atoms with Gasteiger partial charge in [0.25, 0.3) is 0 Å². The standard InChI is InChI=1S/C8H12O2/c9-8-6-2-1-3-7(8)5-10-4-6/h6-7H,1-5H2/t6-,7-/m0/s1. The van der Waals surface area contributed by atoms with Gasteiger partial charge in [-0.1, -0.05) is 6.42 Å². The van der Waals surface area contributed by atoms with Crippen molar-refractivity contribution in [2.24, 2.45) is 11.8 Å². The number of Topliss-reactive ketones (excluding diaryl/α,β-unsaturated/α-hetero) is 1. The van der Waals surface area contributed by atoms with Gasteiger partial charge in [0.15, 0.2) is 0 Å². The number of ether oxygens (including phenoxy) is 1. The lowest BCUT2D eigenvalue weighted by Crippen LogP contribution is -2.39. The SMILES string of the molecule is O=C1[C@H]2CCC[C@H]1COC2. The fourth-order valence-electron chi connectivity index (χ4n) is 1.91. The van der Waals surface area contributed by atoms with Crippen LogP contribution in [-0.2, 0) is 9.53 Å². The van der Waals surface area contributed by atoms with Crippen LogP contribution < -0.4 is 0 Å². The number of carbonyl (C=O) groups excluding carboxylic acids is 1. The van der Waals surface area contributed by atoms with Crippen molar-refractivity contribution in [2.45, 2.75) is 19.3 Å². The van der Waals surface area contributed by atoms with E-state index in [4.69, 9.17) is 4.74 Å². The predicted octanol–water partition coefficient (Wildman–Crippen LogP) is 1.00. The largest absolute Gasteiger partial charge is 0.380 e. The van der Waals surface area contributed by atoms with Gasteiger partial charge in [-0.3, -0.25) is 4.79 Å². The first-order valence-electron chi connectivity index (χ1n) is 3.99. The normalized spacial score (nSPS) is 39.8. The molecule has 0 aromatic heterocycles. The minimum atomic E-state index is 0.257. The fourth-order valence-corrected chi connectivity index (χ4v) is 1.91. The van der Waals surface area contributed by atoms with Crippen LogP contribution in [0.15, 0.2) is 0 Å². The van der Waals surface area contributed by atoms with Gasteiger partial charge in [0.2, 0.25) is 0 Å². The monoisotopic (exact) mass is 140 g/mol. The summed E-state index contributed by atoms with van der Waals surface area (Å²) in [7, 11) is 0. The number of hydrogen-bond donors (Lipinski definition) is 0. The predicted molar refractivity (Wildman–Crippen MR) is 36.7 cm³/mol. The van der Waals surface area contributed by atoms with E-state index in [1.54, 1.807) is 0 Å². The van der Waals surface area contributed by atoms with Crippen LogP contribution in [0.5, 0.6) is 0 Å². The number of carbonyl (C=O) groups is 1. The van der Waals surface area contributed by atoms with Gasteiger partial charge in [-0.2, -0.15) is 0 Å². The minimum Gasteiger partial charge on any atom is -0.380 e. The van der Waals surface area contributed by atoms with Crippen molar-refractivity contribution in [1.82, 2.24) is 0 Å². The molecule has 1 aliphatic heterocycles. The zero-order valence-corrected chi connectivity index (χ0v) is 6.01. The van der Waals surface area contributed by atoms with E-state index < -0.39 is 0 Å². The van der Waals surface area contributed by atoms with Gasteiger partial charge in [0.05, 0.1) is 13.2 Å². The highest BCUT2D eigenvalue weighted by Crippen LogP contribution is 2.29. The molecule has 0 N–H and O–H groups in total. The van der Waals surface area contributed by atoms with Crippen LogP contribution in [0.4, 0.5) is 0 Å². The second-order valence-electron chi connectivity index (χ2n) is 3.26. The molecule has 0 spiro atoms. The zero-order chi connectivity index (χ0) is 6.97. The fraction of sp³-hybridized carbons (Fsp3) is 0.875. The summed E-state index contributed by atoms with van der Waals surface area (Å²) in [6.07, 6.45) is 3.36. The smallest absolute Gasteiger partial charge is 0.143 e. The molecule has 0 aromatic carbocycles. The van der Waals surface area contributed by atoms with E-state index in [1.807, 2.05) is 0 Å². The van der Waals surface area contributed by atoms with Crippen molar-refractivity contribution in [3.8, 4) is 0 Å². The summed E-state index contributed by atoms with van der Waals surface area (Å²) in [4.78, 5) is 11.3. The van der Waals surface area contributed by atoms with E-state index in [0.717, 1.165) is 12.8 Å². The van der Waals surface area contributed by atoms with E-state index in [2.05, 4.69) is 0 Å². The van der Waals surface area contributed by atoms with E-state index in [-0.39, 0.29) is 11.8 Å². The first-order chi connectivity index (χ1) is 4.88. The zero-order valence-electron chi connectivity index (χ0n) is 6.01. The summed E-state index contributed by atoms with van der Waals surface area (Å²) >= 11 is 0. The third kappa shape index (κ3) is 0.870. The summed E-state index contributed by atoms with van der Waals surface area (Å²) in [6, 6.07) is 0. The van der Waals surface area contributed by atoms with Crippen molar-refractivity contribution in [2.75, 3.05) is 13.2 Å². The Morgan fingerprint density at radius 1 is 1.20 bits per heavy atom. The van der Waals surface area contributed by atoms with Crippen LogP contribution in [0.1, 0.15) is 19.3 Å². The van der Waals surface area contributed by atoms with Crippen molar-refractivity contribution in [3.63, 3.8) is 0 Å². The first kappa shape index (κ1) is 6.35. The molecule has 2 heteroatoms. The van der Waals surface area contributed by atoms with Gasteiger partial charge < -0.3 is 4.74 Å². The van der Waals surface area contributed by atoms with Crippen LogP contribution >= 0.6 is 0 Å². The molecule has 1 saturated carbocycles. The van der Waals surface area contributed by atoms with Gasteiger partial charge in [0, 0.05) is 11.8 Å². The maximum absolute atomic E-state index is 11.3. The van der Waals surface area contributed by atoms with Crippen LogP contribution in [0.3, 0.4) is 0 Å². The molecule has 2 rings (SSSR count). The summed E-state index contributed by atoms with van der Waals surface area (Å²) in [6.45, 7) is 1.38. The molecular weight excluding hydrogens is 128 g/mol. The number of hydrogen-bond acceptors (Lipinski definition) is 2. The highest BCUT2D eigenvalue weighted by atomic mass is 16.5. The Bertz CT molecular complexity index is 129. The summed E-state index contributed by atoms with van der Waals surface area (Å²) < 4.78 is 5.29. The average Bonchev–Trinajstić information content (AvgIpc) is 1.86. The molecule has 2 bridgehead atoms. The Labute approximate surface area is 60.6 Å². The van der Waals surface area contributed by atoms with E-state index in [9.17, 15) is 4.79 Å². The second-order valence-corrected chi connectivity index (χ2v) is 3.26. The summed E-state index contributed by atoms with van der Waals surface area (Å²) in [5, 5.41) is 0. The Morgan fingerprint density at radius 3 is 2.30 bits per heavy atom. The van der Waals surface area contributed by atoms with Crippen molar-refractivity contribution in [1.29, 1.82) is 0 Å². The van der Waals surface area contributed by atoms with E-state index in [0.29, 0.717) is 19.0 Å². The highest BCUT2D eigenvalue weighted by molar-refractivity contribution is 5.84. The Kier molecular flexibility index (Phi) is 1.49. The topological polar surface area (TPSA) is 26.3 Å². The third-order valence-electron chi connectivity index (χ3n) is 2.55. The quantitative estimate of drug-likeness (QED) is 0.501. The summed E-state index contributed by atoms with van der Waals surface area (Å²) in [5.74, 6) is 0.984.